The van der Waals surface area contributed by atoms with Crippen molar-refractivity contribution in [3.63, 3.8) is 0 Å². The quantitative estimate of drug-likeness (QED) is 0.695. The van der Waals surface area contributed by atoms with E-state index in [9.17, 15) is 13.5 Å². The first-order valence-corrected chi connectivity index (χ1v) is 6.95. The predicted molar refractivity (Wildman–Crippen MR) is 70.1 cm³/mol. The Morgan fingerprint density at radius 2 is 1.94 bits per heavy atom. The van der Waals surface area contributed by atoms with Gasteiger partial charge in [0.05, 0.1) is 12.2 Å². The van der Waals surface area contributed by atoms with Gasteiger partial charge in [0.2, 0.25) is 10.0 Å². The van der Waals surface area contributed by atoms with Gasteiger partial charge in [-0.05, 0) is 18.6 Å². The summed E-state index contributed by atoms with van der Waals surface area (Å²) < 4.78 is 25.3. The highest BCUT2D eigenvalue weighted by molar-refractivity contribution is 7.92. The number of sulfonamides is 1. The highest BCUT2D eigenvalue weighted by atomic mass is 32.2. The fraction of sp³-hybridized carbons (Fsp3) is 0.333. The smallest absolute Gasteiger partial charge is 0.233 e. The molecule has 1 aromatic carbocycles. The summed E-state index contributed by atoms with van der Waals surface area (Å²) in [6.07, 6.45) is 1.45. The Morgan fingerprint density at radius 3 is 2.50 bits per heavy atom. The number of aliphatic hydroxyl groups is 2. The molecule has 6 heteroatoms. The lowest BCUT2D eigenvalue weighted by Crippen LogP contribution is -2.42. The number of rotatable bonds is 6. The summed E-state index contributed by atoms with van der Waals surface area (Å²) in [6.45, 7) is 0.583. The van der Waals surface area contributed by atoms with Gasteiger partial charge < -0.3 is 10.2 Å². The molecule has 0 aliphatic rings. The first-order chi connectivity index (χ1) is 8.35. The molecule has 0 spiro atoms. The van der Waals surface area contributed by atoms with Crippen LogP contribution in [0.3, 0.4) is 0 Å². The van der Waals surface area contributed by atoms with E-state index in [-0.39, 0.29) is 6.54 Å². The van der Waals surface area contributed by atoms with Gasteiger partial charge in [-0.15, -0.1) is 0 Å². The molecule has 0 saturated heterocycles. The second kappa shape index (κ2) is 6.10. The van der Waals surface area contributed by atoms with E-state index < -0.39 is 22.2 Å². The molecule has 0 bridgehead atoms. The van der Waals surface area contributed by atoms with Crippen LogP contribution in [0.2, 0.25) is 0 Å². The molecular weight excluding hydrogens is 254 g/mol. The third-order valence-electron chi connectivity index (χ3n) is 2.23. The van der Waals surface area contributed by atoms with E-state index >= 15 is 0 Å². The van der Waals surface area contributed by atoms with Crippen LogP contribution < -0.4 is 4.72 Å². The van der Waals surface area contributed by atoms with Crippen molar-refractivity contribution in [3.8, 4) is 0 Å². The largest absolute Gasteiger partial charge is 0.393 e. The normalized spacial score (nSPS) is 15.7. The van der Waals surface area contributed by atoms with Crippen LogP contribution in [-0.4, -0.2) is 37.4 Å². The van der Waals surface area contributed by atoms with Gasteiger partial charge in [-0.3, -0.25) is 0 Å². The molecule has 5 nitrogen and oxygen atoms in total. The van der Waals surface area contributed by atoms with Crippen LogP contribution in [0.15, 0.2) is 35.7 Å². The number of hydrogen-bond acceptors (Lipinski definition) is 4. The summed E-state index contributed by atoms with van der Waals surface area (Å²) >= 11 is 0. The van der Waals surface area contributed by atoms with Crippen molar-refractivity contribution < 1.29 is 18.6 Å². The van der Waals surface area contributed by atoms with Gasteiger partial charge in [0.25, 0.3) is 0 Å². The van der Waals surface area contributed by atoms with Gasteiger partial charge in [-0.1, -0.05) is 30.3 Å². The van der Waals surface area contributed by atoms with Crippen LogP contribution in [0.1, 0.15) is 12.5 Å². The Kier molecular flexibility index (Phi) is 5.03. The van der Waals surface area contributed by atoms with E-state index in [0.29, 0.717) is 0 Å². The maximum atomic E-state index is 11.6. The fourth-order valence-electron chi connectivity index (χ4n) is 1.09. The zero-order chi connectivity index (χ0) is 13.6. The van der Waals surface area contributed by atoms with Crippen molar-refractivity contribution in [1.82, 2.24) is 4.72 Å². The molecule has 100 valence electrons. The summed E-state index contributed by atoms with van der Waals surface area (Å²) in [5, 5.41) is 19.3. The minimum Gasteiger partial charge on any atom is -0.393 e. The highest BCUT2D eigenvalue weighted by Crippen LogP contribution is 2.04. The number of benzene rings is 1. The van der Waals surface area contributed by atoms with Gasteiger partial charge in [0, 0.05) is 12.0 Å². The average molecular weight is 271 g/mol. The highest BCUT2D eigenvalue weighted by Gasteiger charge is 2.20. The Hall–Kier alpha value is -1.21. The lowest BCUT2D eigenvalue weighted by molar-refractivity contribution is 0.00687. The molecule has 0 amide bonds. The van der Waals surface area contributed by atoms with E-state index in [0.717, 1.165) is 11.0 Å². The lowest BCUT2D eigenvalue weighted by Gasteiger charge is -2.19. The average Bonchev–Trinajstić information content (AvgIpc) is 2.36. The second-order valence-corrected chi connectivity index (χ2v) is 5.89. The Bertz CT molecular complexity index is 494. The summed E-state index contributed by atoms with van der Waals surface area (Å²) in [5.74, 6) is 0. The fourth-order valence-corrected chi connectivity index (χ4v) is 2.04. The molecule has 0 aliphatic heterocycles. The minimum atomic E-state index is -3.62. The summed E-state index contributed by atoms with van der Waals surface area (Å²) in [7, 11) is -3.62. The molecular formula is C12H17NO4S. The van der Waals surface area contributed by atoms with Crippen LogP contribution >= 0.6 is 0 Å². The van der Waals surface area contributed by atoms with Crippen LogP contribution in [0, 0.1) is 0 Å². The van der Waals surface area contributed by atoms with Gasteiger partial charge in [0.15, 0.2) is 0 Å². The van der Waals surface area contributed by atoms with Gasteiger partial charge >= 0.3 is 0 Å². The molecule has 18 heavy (non-hydrogen) atoms. The third-order valence-corrected chi connectivity index (χ3v) is 3.28. The topological polar surface area (TPSA) is 86.6 Å². The Labute approximate surface area is 107 Å². The van der Waals surface area contributed by atoms with E-state index in [2.05, 4.69) is 4.72 Å². The molecule has 1 unspecified atom stereocenters. The number of hydrogen-bond donors (Lipinski definition) is 3. The predicted octanol–water partition coefficient (Wildman–Crippen LogP) is 0.320. The first kappa shape index (κ1) is 14.8. The molecule has 0 heterocycles. The molecule has 1 rings (SSSR count). The number of nitrogens with one attached hydrogen (secondary N) is 1. The van der Waals surface area contributed by atoms with Crippen molar-refractivity contribution in [2.45, 2.75) is 12.5 Å². The van der Waals surface area contributed by atoms with Crippen molar-refractivity contribution >= 4 is 16.1 Å². The molecule has 3 N–H and O–H groups in total. The van der Waals surface area contributed by atoms with Crippen LogP contribution in [0.5, 0.6) is 0 Å². The standard InChI is InChI=1S/C12H17NO4S/c1-12(15,10-14)9-13-18(16,17)8-7-11-5-3-2-4-6-11/h2-8,13-15H,9-10H2,1H3. The zero-order valence-corrected chi connectivity index (χ0v) is 10.9. The van der Waals surface area contributed by atoms with Crippen LogP contribution in [0.4, 0.5) is 0 Å². The molecule has 1 aromatic rings. The molecule has 0 fully saturated rings. The van der Waals surface area contributed by atoms with Crippen LogP contribution in [0.25, 0.3) is 6.08 Å². The maximum absolute atomic E-state index is 11.6. The summed E-state index contributed by atoms with van der Waals surface area (Å²) in [6, 6.07) is 8.99. The van der Waals surface area contributed by atoms with Crippen molar-refractivity contribution in [3.05, 3.63) is 41.3 Å². The van der Waals surface area contributed by atoms with E-state index in [1.165, 1.54) is 13.0 Å². The van der Waals surface area contributed by atoms with E-state index in [1.54, 1.807) is 24.3 Å². The second-order valence-electron chi connectivity index (χ2n) is 4.23. The summed E-state index contributed by atoms with van der Waals surface area (Å²) in [4.78, 5) is 0. The molecule has 0 saturated carbocycles. The van der Waals surface area contributed by atoms with Crippen LogP contribution in [-0.2, 0) is 10.0 Å². The zero-order valence-electron chi connectivity index (χ0n) is 10.1. The van der Waals surface area contributed by atoms with Crippen molar-refractivity contribution in [1.29, 1.82) is 0 Å². The Balaban J connectivity index is 2.63. The summed E-state index contributed by atoms with van der Waals surface area (Å²) in [5.41, 5.74) is -0.704. The van der Waals surface area contributed by atoms with Crippen molar-refractivity contribution in [2.75, 3.05) is 13.2 Å². The SMILES string of the molecule is CC(O)(CO)CNS(=O)(=O)C=Cc1ccccc1. The van der Waals surface area contributed by atoms with Crippen molar-refractivity contribution in [2.24, 2.45) is 0 Å². The molecule has 0 aliphatic carbocycles. The van der Waals surface area contributed by atoms with E-state index in [4.69, 9.17) is 5.11 Å². The third kappa shape index (κ3) is 5.42. The Morgan fingerprint density at radius 1 is 1.33 bits per heavy atom. The van der Waals surface area contributed by atoms with E-state index in [1.807, 2.05) is 6.07 Å². The first-order valence-electron chi connectivity index (χ1n) is 5.41. The maximum Gasteiger partial charge on any atom is 0.233 e. The molecule has 0 radical (unpaired) electrons. The molecule has 1 atom stereocenters. The minimum absolute atomic E-state index is 0.245. The molecule has 0 aromatic heterocycles. The van der Waals surface area contributed by atoms with Gasteiger partial charge in [0.1, 0.15) is 0 Å². The number of aliphatic hydroxyl groups excluding tert-OH is 1. The van der Waals surface area contributed by atoms with Gasteiger partial charge in [-0.25, -0.2) is 13.1 Å². The monoisotopic (exact) mass is 271 g/mol. The van der Waals surface area contributed by atoms with Gasteiger partial charge in [-0.2, -0.15) is 0 Å². The lowest BCUT2D eigenvalue weighted by atomic mass is 10.1.